The number of aryl methyl sites for hydroxylation is 1. The average Bonchev–Trinajstić information content (AvgIpc) is 3.24. The summed E-state index contributed by atoms with van der Waals surface area (Å²) in [6.07, 6.45) is 5.10. The molecule has 3 aliphatic rings. The smallest absolute Gasteiger partial charge is 0.312 e. The van der Waals surface area contributed by atoms with Crippen LogP contribution in [0.4, 0.5) is 0 Å². The van der Waals surface area contributed by atoms with Crippen molar-refractivity contribution in [3.63, 3.8) is 0 Å². The van der Waals surface area contributed by atoms with Crippen LogP contribution in [0.15, 0.2) is 60.8 Å². The van der Waals surface area contributed by atoms with E-state index in [9.17, 15) is 14.7 Å². The Hall–Kier alpha value is -3.45. The summed E-state index contributed by atoms with van der Waals surface area (Å²) in [5, 5.41) is 13.7. The van der Waals surface area contributed by atoms with E-state index >= 15 is 0 Å². The van der Waals surface area contributed by atoms with Crippen molar-refractivity contribution in [2.45, 2.75) is 62.6 Å². The van der Waals surface area contributed by atoms with Crippen molar-refractivity contribution in [3.8, 4) is 11.1 Å². The van der Waals surface area contributed by atoms with Crippen LogP contribution >= 0.6 is 0 Å². The van der Waals surface area contributed by atoms with Gasteiger partial charge in [0.1, 0.15) is 6.10 Å². The zero-order valence-corrected chi connectivity index (χ0v) is 20.8. The molecule has 1 atom stereocenters. The van der Waals surface area contributed by atoms with Gasteiger partial charge in [0.25, 0.3) is 0 Å². The highest BCUT2D eigenvalue weighted by Gasteiger charge is 2.51. The first-order chi connectivity index (χ1) is 17.3. The number of aromatic nitrogens is 2. The number of aliphatic carboxylic acids is 1. The molecule has 2 aromatic carbocycles. The minimum absolute atomic E-state index is 0.0616. The molecule has 36 heavy (non-hydrogen) atoms. The van der Waals surface area contributed by atoms with Gasteiger partial charge in [0.2, 0.25) is 0 Å². The van der Waals surface area contributed by atoms with E-state index in [1.807, 2.05) is 44.3 Å². The fraction of sp³-hybridized carbons (Fsp3) is 0.414. The van der Waals surface area contributed by atoms with Gasteiger partial charge >= 0.3 is 11.9 Å². The largest absolute Gasteiger partial charge is 0.481 e. The van der Waals surface area contributed by atoms with Gasteiger partial charge in [0, 0.05) is 18.0 Å². The van der Waals surface area contributed by atoms with Crippen molar-refractivity contribution in [2.75, 3.05) is 6.61 Å². The lowest BCUT2D eigenvalue weighted by Gasteiger charge is -2.53. The SMILES string of the molecule is C[C@@H](OC(=O)Cc1c(-c2ccc(C34CCC(CC(=O)O)(CC3)OC4)cc2)cnn1C)c1ccccc1. The summed E-state index contributed by atoms with van der Waals surface area (Å²) in [7, 11) is 1.84. The quantitative estimate of drug-likeness (QED) is 0.449. The molecular formula is C29H32N2O5. The fourth-order valence-corrected chi connectivity index (χ4v) is 5.72. The molecule has 2 bridgehead atoms. The second-order valence-corrected chi connectivity index (χ2v) is 10.2. The normalized spacial score (nSPS) is 23.8. The van der Waals surface area contributed by atoms with E-state index in [1.54, 1.807) is 10.9 Å². The van der Waals surface area contributed by atoms with Gasteiger partial charge in [-0.05, 0) is 49.3 Å². The van der Waals surface area contributed by atoms with E-state index in [0.29, 0.717) is 6.61 Å². The summed E-state index contributed by atoms with van der Waals surface area (Å²) < 4.78 is 13.6. The number of ether oxygens (including phenoxy) is 2. The van der Waals surface area contributed by atoms with E-state index in [1.165, 1.54) is 5.56 Å². The summed E-state index contributed by atoms with van der Waals surface area (Å²) in [6.45, 7) is 2.44. The molecule has 7 heteroatoms. The predicted octanol–water partition coefficient (Wildman–Crippen LogP) is 4.99. The molecule has 0 unspecified atom stereocenters. The van der Waals surface area contributed by atoms with Gasteiger partial charge < -0.3 is 14.6 Å². The summed E-state index contributed by atoms with van der Waals surface area (Å²) in [5.41, 5.74) is 4.34. The maximum Gasteiger partial charge on any atom is 0.312 e. The monoisotopic (exact) mass is 488 g/mol. The Kier molecular flexibility index (Phi) is 6.43. The van der Waals surface area contributed by atoms with Crippen molar-refractivity contribution in [2.24, 2.45) is 7.05 Å². The average molecular weight is 489 g/mol. The third kappa shape index (κ3) is 4.67. The molecule has 1 saturated carbocycles. The van der Waals surface area contributed by atoms with Crippen molar-refractivity contribution in [1.82, 2.24) is 9.78 Å². The highest BCUT2D eigenvalue weighted by molar-refractivity contribution is 5.77. The molecule has 7 nitrogen and oxygen atoms in total. The molecule has 3 fully saturated rings. The van der Waals surface area contributed by atoms with Crippen LogP contribution in [0.25, 0.3) is 11.1 Å². The Morgan fingerprint density at radius 2 is 1.78 bits per heavy atom. The summed E-state index contributed by atoms with van der Waals surface area (Å²) >= 11 is 0. The van der Waals surface area contributed by atoms with E-state index in [-0.39, 0.29) is 30.3 Å². The number of carbonyl (C=O) groups excluding carboxylic acids is 1. The molecule has 2 saturated heterocycles. The zero-order chi connectivity index (χ0) is 25.3. The highest BCUT2D eigenvalue weighted by atomic mass is 16.5. The molecule has 1 N–H and O–H groups in total. The number of rotatable bonds is 8. The topological polar surface area (TPSA) is 90.7 Å². The van der Waals surface area contributed by atoms with Gasteiger partial charge in [-0.1, -0.05) is 54.6 Å². The van der Waals surface area contributed by atoms with Crippen LogP contribution in [0.3, 0.4) is 0 Å². The van der Waals surface area contributed by atoms with Crippen molar-refractivity contribution >= 4 is 11.9 Å². The summed E-state index contributed by atoms with van der Waals surface area (Å²) in [4.78, 5) is 24.0. The standard InChI is InChI=1S/C29H32N2O5/c1-20(21-6-4-3-5-7-21)36-27(34)16-25-24(18-30-31(25)2)22-8-10-23(11-9-22)28-12-14-29(15-13-28,35-19-28)17-26(32)33/h3-11,18,20H,12-17,19H2,1-2H3,(H,32,33)/t20-,28?,29?/m1/s1. The Morgan fingerprint density at radius 3 is 2.39 bits per heavy atom. The Balaban J connectivity index is 1.29. The maximum atomic E-state index is 12.8. The molecule has 2 aliphatic heterocycles. The number of nitrogens with zero attached hydrogens (tertiary/aromatic N) is 2. The van der Waals surface area contributed by atoms with Gasteiger partial charge in [0.05, 0.1) is 36.9 Å². The molecule has 1 aliphatic carbocycles. The zero-order valence-electron chi connectivity index (χ0n) is 20.8. The molecule has 188 valence electrons. The summed E-state index contributed by atoms with van der Waals surface area (Å²) in [6, 6.07) is 18.1. The predicted molar refractivity (Wildman–Crippen MR) is 134 cm³/mol. The third-order valence-electron chi connectivity index (χ3n) is 8.01. The number of carboxylic acid groups (broad SMARTS) is 1. The van der Waals surface area contributed by atoms with Gasteiger partial charge in [-0.3, -0.25) is 14.3 Å². The van der Waals surface area contributed by atoms with E-state index in [2.05, 4.69) is 29.4 Å². The third-order valence-corrected chi connectivity index (χ3v) is 8.01. The molecular weight excluding hydrogens is 456 g/mol. The second kappa shape index (κ2) is 9.54. The maximum absolute atomic E-state index is 12.8. The summed E-state index contributed by atoms with van der Waals surface area (Å²) in [5.74, 6) is -1.09. The Morgan fingerprint density at radius 1 is 1.08 bits per heavy atom. The number of hydrogen-bond donors (Lipinski definition) is 1. The van der Waals surface area contributed by atoms with Gasteiger partial charge in [-0.25, -0.2) is 0 Å². The molecule has 0 amide bonds. The molecule has 0 radical (unpaired) electrons. The van der Waals surface area contributed by atoms with Crippen LogP contribution in [0.1, 0.15) is 62.0 Å². The first-order valence-corrected chi connectivity index (χ1v) is 12.5. The molecule has 3 heterocycles. The van der Waals surface area contributed by atoms with Gasteiger partial charge in [-0.2, -0.15) is 5.10 Å². The minimum Gasteiger partial charge on any atom is -0.481 e. The Bertz CT molecular complexity index is 1220. The van der Waals surface area contributed by atoms with Crippen LogP contribution in [-0.2, 0) is 37.9 Å². The van der Waals surface area contributed by atoms with Crippen LogP contribution in [0.2, 0.25) is 0 Å². The number of benzene rings is 2. The molecule has 1 aromatic heterocycles. The van der Waals surface area contributed by atoms with Crippen molar-refractivity contribution in [3.05, 3.63) is 77.6 Å². The van der Waals surface area contributed by atoms with Crippen LogP contribution in [0.5, 0.6) is 0 Å². The molecule has 0 spiro atoms. The van der Waals surface area contributed by atoms with Gasteiger partial charge in [0.15, 0.2) is 0 Å². The fourth-order valence-electron chi connectivity index (χ4n) is 5.72. The Labute approximate surface area is 211 Å². The first-order valence-electron chi connectivity index (χ1n) is 12.5. The number of carbonyl (C=O) groups is 2. The lowest BCUT2D eigenvalue weighted by molar-refractivity contribution is -0.175. The number of carboxylic acids is 1. The number of esters is 1. The molecule has 6 rings (SSSR count). The van der Waals surface area contributed by atoms with E-state index in [4.69, 9.17) is 9.47 Å². The minimum atomic E-state index is -0.792. The van der Waals surface area contributed by atoms with Crippen molar-refractivity contribution in [1.29, 1.82) is 0 Å². The number of fused-ring (bicyclic) bond motifs is 3. The lowest BCUT2D eigenvalue weighted by atomic mass is 9.62. The van der Waals surface area contributed by atoms with Gasteiger partial charge in [-0.15, -0.1) is 0 Å². The lowest BCUT2D eigenvalue weighted by Crippen LogP contribution is -2.54. The highest BCUT2D eigenvalue weighted by Crippen LogP contribution is 2.51. The first kappa shape index (κ1) is 24.3. The van der Waals surface area contributed by atoms with Crippen LogP contribution in [0, 0.1) is 0 Å². The second-order valence-electron chi connectivity index (χ2n) is 10.2. The van der Waals surface area contributed by atoms with Crippen LogP contribution in [-0.4, -0.2) is 39.0 Å². The molecule has 3 aromatic rings. The van der Waals surface area contributed by atoms with Crippen LogP contribution < -0.4 is 0 Å². The number of hydrogen-bond acceptors (Lipinski definition) is 5. The van der Waals surface area contributed by atoms with E-state index < -0.39 is 11.6 Å². The van der Waals surface area contributed by atoms with Crippen molar-refractivity contribution < 1.29 is 24.2 Å². The van der Waals surface area contributed by atoms with E-state index in [0.717, 1.165) is 48.1 Å².